The third-order valence-corrected chi connectivity index (χ3v) is 5.13. The fourth-order valence-electron chi connectivity index (χ4n) is 2.87. The van der Waals surface area contributed by atoms with Crippen molar-refractivity contribution in [2.75, 3.05) is 30.4 Å². The van der Waals surface area contributed by atoms with Gasteiger partial charge >= 0.3 is 0 Å². The fourth-order valence-corrected chi connectivity index (χ4v) is 3.83. The molecule has 5 heteroatoms. The zero-order chi connectivity index (χ0) is 14.1. The lowest BCUT2D eigenvalue weighted by Gasteiger charge is -2.32. The first-order valence-corrected chi connectivity index (χ1v) is 8.26. The fraction of sp³-hybridized carbons (Fsp3) is 0.600. The SMILES string of the molecule is CCc1cc2c(N3CCCC(C)C3)nc(NC)nc2s1. The Kier molecular flexibility index (Phi) is 3.78. The van der Waals surface area contributed by atoms with Gasteiger partial charge in [0.15, 0.2) is 0 Å². The minimum absolute atomic E-state index is 0.732. The smallest absolute Gasteiger partial charge is 0.225 e. The Hall–Kier alpha value is -1.36. The molecule has 2 aromatic heterocycles. The summed E-state index contributed by atoms with van der Waals surface area (Å²) in [6, 6.07) is 2.27. The third kappa shape index (κ3) is 2.46. The van der Waals surface area contributed by atoms with E-state index in [0.717, 1.165) is 42.0 Å². The van der Waals surface area contributed by atoms with Crippen LogP contribution in [0.2, 0.25) is 0 Å². The number of hydrogen-bond donors (Lipinski definition) is 1. The maximum atomic E-state index is 4.74. The number of piperidine rings is 1. The standard InChI is InChI=1S/C15H22N4S/c1-4-11-8-12-13(19-7-5-6-10(2)9-19)17-15(16-3)18-14(12)20-11/h8,10H,4-7,9H2,1-3H3,(H,16,17,18). The lowest BCUT2D eigenvalue weighted by molar-refractivity contribution is 0.445. The second-order valence-electron chi connectivity index (χ2n) is 5.60. The van der Waals surface area contributed by atoms with Gasteiger partial charge in [0.05, 0.1) is 5.39 Å². The Balaban J connectivity index is 2.09. The molecule has 20 heavy (non-hydrogen) atoms. The summed E-state index contributed by atoms with van der Waals surface area (Å²) in [6.07, 6.45) is 3.64. The van der Waals surface area contributed by atoms with Gasteiger partial charge in [0.2, 0.25) is 5.95 Å². The van der Waals surface area contributed by atoms with Crippen molar-refractivity contribution in [3.63, 3.8) is 0 Å². The summed E-state index contributed by atoms with van der Waals surface area (Å²) in [6.45, 7) is 6.73. The third-order valence-electron chi connectivity index (χ3n) is 3.95. The molecule has 0 spiro atoms. The topological polar surface area (TPSA) is 41.1 Å². The van der Waals surface area contributed by atoms with Crippen molar-refractivity contribution in [3.8, 4) is 0 Å². The van der Waals surface area contributed by atoms with Gasteiger partial charge in [-0.05, 0) is 31.2 Å². The van der Waals surface area contributed by atoms with E-state index >= 15 is 0 Å². The van der Waals surface area contributed by atoms with Crippen LogP contribution in [0.15, 0.2) is 6.07 Å². The van der Waals surface area contributed by atoms with Gasteiger partial charge < -0.3 is 10.2 Å². The first kappa shape index (κ1) is 13.6. The van der Waals surface area contributed by atoms with Gasteiger partial charge in [0.25, 0.3) is 0 Å². The summed E-state index contributed by atoms with van der Waals surface area (Å²) < 4.78 is 0. The second kappa shape index (κ2) is 5.56. The summed E-state index contributed by atoms with van der Waals surface area (Å²) in [5, 5.41) is 4.32. The number of nitrogens with one attached hydrogen (secondary N) is 1. The Morgan fingerprint density at radius 1 is 1.45 bits per heavy atom. The van der Waals surface area contributed by atoms with Crippen LogP contribution in [-0.4, -0.2) is 30.1 Å². The molecule has 1 N–H and O–H groups in total. The van der Waals surface area contributed by atoms with E-state index in [4.69, 9.17) is 4.98 Å². The van der Waals surface area contributed by atoms with Crippen molar-refractivity contribution in [3.05, 3.63) is 10.9 Å². The summed E-state index contributed by atoms with van der Waals surface area (Å²) in [4.78, 5) is 14.3. The van der Waals surface area contributed by atoms with Gasteiger partial charge in [-0.3, -0.25) is 0 Å². The average molecular weight is 290 g/mol. The van der Waals surface area contributed by atoms with Crippen molar-refractivity contribution in [2.24, 2.45) is 5.92 Å². The number of rotatable bonds is 3. The Labute approximate surface area is 124 Å². The number of anilines is 2. The first-order chi connectivity index (χ1) is 9.71. The average Bonchev–Trinajstić information content (AvgIpc) is 2.89. The lowest BCUT2D eigenvalue weighted by Crippen LogP contribution is -2.35. The molecular formula is C15H22N4S. The molecule has 3 rings (SSSR count). The van der Waals surface area contributed by atoms with Gasteiger partial charge in [-0.1, -0.05) is 13.8 Å². The van der Waals surface area contributed by atoms with E-state index in [1.165, 1.54) is 23.1 Å². The van der Waals surface area contributed by atoms with Crippen LogP contribution in [0.4, 0.5) is 11.8 Å². The molecule has 0 amide bonds. The van der Waals surface area contributed by atoms with E-state index in [-0.39, 0.29) is 0 Å². The minimum atomic E-state index is 0.732. The van der Waals surface area contributed by atoms with Crippen LogP contribution in [0, 0.1) is 5.92 Å². The van der Waals surface area contributed by atoms with E-state index in [0.29, 0.717) is 0 Å². The van der Waals surface area contributed by atoms with Crippen LogP contribution >= 0.6 is 11.3 Å². The van der Waals surface area contributed by atoms with Gasteiger partial charge in [0, 0.05) is 25.0 Å². The maximum Gasteiger partial charge on any atom is 0.225 e. The predicted octanol–water partition coefficient (Wildman–Crippen LogP) is 3.53. The zero-order valence-corrected chi connectivity index (χ0v) is 13.3. The van der Waals surface area contributed by atoms with Crippen molar-refractivity contribution in [1.82, 2.24) is 9.97 Å². The van der Waals surface area contributed by atoms with Crippen LogP contribution in [0.3, 0.4) is 0 Å². The molecular weight excluding hydrogens is 268 g/mol. The number of thiophene rings is 1. The van der Waals surface area contributed by atoms with Gasteiger partial charge in [-0.2, -0.15) is 4.98 Å². The number of aryl methyl sites for hydroxylation is 1. The monoisotopic (exact) mass is 290 g/mol. The lowest BCUT2D eigenvalue weighted by atomic mass is 10.0. The maximum absolute atomic E-state index is 4.74. The Morgan fingerprint density at radius 3 is 3.00 bits per heavy atom. The molecule has 4 nitrogen and oxygen atoms in total. The molecule has 108 valence electrons. The van der Waals surface area contributed by atoms with E-state index in [1.807, 2.05) is 7.05 Å². The Morgan fingerprint density at radius 2 is 2.30 bits per heavy atom. The first-order valence-electron chi connectivity index (χ1n) is 7.44. The highest BCUT2D eigenvalue weighted by Gasteiger charge is 2.21. The second-order valence-corrected chi connectivity index (χ2v) is 6.71. The van der Waals surface area contributed by atoms with Gasteiger partial charge in [0.1, 0.15) is 10.6 Å². The molecule has 0 saturated carbocycles. The Bertz CT molecular complexity index is 607. The molecule has 0 bridgehead atoms. The largest absolute Gasteiger partial charge is 0.357 e. The number of hydrogen-bond acceptors (Lipinski definition) is 5. The normalized spacial score (nSPS) is 19.6. The van der Waals surface area contributed by atoms with Crippen LogP contribution in [0.25, 0.3) is 10.2 Å². The summed E-state index contributed by atoms with van der Waals surface area (Å²) in [7, 11) is 1.89. The minimum Gasteiger partial charge on any atom is -0.357 e. The van der Waals surface area contributed by atoms with Crippen molar-refractivity contribution in [1.29, 1.82) is 0 Å². The number of fused-ring (bicyclic) bond motifs is 1. The molecule has 0 aliphatic carbocycles. The van der Waals surface area contributed by atoms with Crippen LogP contribution in [0.5, 0.6) is 0 Å². The van der Waals surface area contributed by atoms with Crippen molar-refractivity contribution < 1.29 is 0 Å². The van der Waals surface area contributed by atoms with Crippen LogP contribution in [-0.2, 0) is 6.42 Å². The molecule has 1 atom stereocenters. The quantitative estimate of drug-likeness (QED) is 0.939. The molecule has 0 aromatic carbocycles. The van der Waals surface area contributed by atoms with E-state index < -0.39 is 0 Å². The summed E-state index contributed by atoms with van der Waals surface area (Å²) in [5.74, 6) is 2.59. The van der Waals surface area contributed by atoms with Crippen LogP contribution < -0.4 is 10.2 Å². The van der Waals surface area contributed by atoms with Crippen LogP contribution in [0.1, 0.15) is 31.6 Å². The predicted molar refractivity (Wildman–Crippen MR) is 87.0 cm³/mol. The van der Waals surface area contributed by atoms with Crippen molar-refractivity contribution >= 4 is 33.3 Å². The highest BCUT2D eigenvalue weighted by Crippen LogP contribution is 2.34. The van der Waals surface area contributed by atoms with E-state index in [1.54, 1.807) is 11.3 Å². The molecule has 0 radical (unpaired) electrons. The molecule has 1 aliphatic rings. The molecule has 2 aromatic rings. The molecule has 1 saturated heterocycles. The molecule has 3 heterocycles. The van der Waals surface area contributed by atoms with E-state index in [2.05, 4.69) is 35.1 Å². The van der Waals surface area contributed by atoms with Gasteiger partial charge in [-0.25, -0.2) is 4.98 Å². The number of aromatic nitrogens is 2. The summed E-state index contributed by atoms with van der Waals surface area (Å²) >= 11 is 1.79. The van der Waals surface area contributed by atoms with E-state index in [9.17, 15) is 0 Å². The highest BCUT2D eigenvalue weighted by molar-refractivity contribution is 7.18. The van der Waals surface area contributed by atoms with Crippen molar-refractivity contribution in [2.45, 2.75) is 33.1 Å². The molecule has 1 fully saturated rings. The summed E-state index contributed by atoms with van der Waals surface area (Å²) in [5.41, 5.74) is 0. The number of nitrogens with zero attached hydrogens (tertiary/aromatic N) is 3. The highest BCUT2D eigenvalue weighted by atomic mass is 32.1. The molecule has 1 aliphatic heterocycles. The van der Waals surface area contributed by atoms with Gasteiger partial charge in [-0.15, -0.1) is 11.3 Å². The zero-order valence-electron chi connectivity index (χ0n) is 12.4. The molecule has 1 unspecified atom stereocenters.